The normalized spacial score (nSPS) is 26.1. The number of nitrogens with one attached hydrogen (secondary N) is 1. The molecule has 3 rings (SSSR count). The van der Waals surface area contributed by atoms with Gasteiger partial charge in [-0.15, -0.1) is 0 Å². The van der Waals surface area contributed by atoms with Crippen LogP contribution in [0.2, 0.25) is 0 Å². The molecule has 1 aromatic heterocycles. The number of anilines is 1. The van der Waals surface area contributed by atoms with Crippen LogP contribution in [0.25, 0.3) is 0 Å². The Morgan fingerprint density at radius 1 is 1.40 bits per heavy atom. The van der Waals surface area contributed by atoms with Crippen LogP contribution in [0, 0.1) is 5.92 Å². The van der Waals surface area contributed by atoms with Gasteiger partial charge < -0.3 is 9.88 Å². The summed E-state index contributed by atoms with van der Waals surface area (Å²) in [6, 6.07) is 0.975. The molecule has 5 heteroatoms. The predicted octanol–water partition coefficient (Wildman–Crippen LogP) is 1.55. The average molecular weight is 276 g/mol. The van der Waals surface area contributed by atoms with Crippen LogP contribution in [0.5, 0.6) is 0 Å². The summed E-state index contributed by atoms with van der Waals surface area (Å²) in [6.45, 7) is 7.34. The van der Waals surface area contributed by atoms with Gasteiger partial charge in [0.25, 0.3) is 5.56 Å². The van der Waals surface area contributed by atoms with Crippen molar-refractivity contribution in [2.45, 2.75) is 51.7 Å². The van der Waals surface area contributed by atoms with Gasteiger partial charge in [-0.3, -0.25) is 9.69 Å². The monoisotopic (exact) mass is 276 g/mol. The second kappa shape index (κ2) is 5.56. The Hall–Kier alpha value is -1.36. The van der Waals surface area contributed by atoms with Gasteiger partial charge in [0.05, 0.1) is 0 Å². The van der Waals surface area contributed by atoms with Gasteiger partial charge in [-0.1, -0.05) is 13.8 Å². The molecule has 20 heavy (non-hydrogen) atoms. The molecule has 110 valence electrons. The zero-order valence-corrected chi connectivity index (χ0v) is 12.4. The van der Waals surface area contributed by atoms with Crippen LogP contribution in [0.3, 0.4) is 0 Å². The highest BCUT2D eigenvalue weighted by Crippen LogP contribution is 2.29. The fourth-order valence-corrected chi connectivity index (χ4v) is 3.51. The third-order valence-electron chi connectivity index (χ3n) is 4.40. The molecule has 2 saturated heterocycles. The van der Waals surface area contributed by atoms with Crippen LogP contribution >= 0.6 is 0 Å². The molecule has 2 unspecified atom stereocenters. The van der Waals surface area contributed by atoms with Crippen molar-refractivity contribution in [2.24, 2.45) is 5.92 Å². The summed E-state index contributed by atoms with van der Waals surface area (Å²) >= 11 is 0. The third-order valence-corrected chi connectivity index (χ3v) is 4.40. The van der Waals surface area contributed by atoms with E-state index in [4.69, 9.17) is 0 Å². The minimum absolute atomic E-state index is 0.0117. The number of hydrogen-bond acceptors (Lipinski definition) is 4. The lowest BCUT2D eigenvalue weighted by atomic mass is 10.1. The van der Waals surface area contributed by atoms with Crippen LogP contribution in [-0.4, -0.2) is 39.6 Å². The molecule has 2 aliphatic heterocycles. The molecule has 0 spiro atoms. The van der Waals surface area contributed by atoms with Gasteiger partial charge in [-0.05, 0) is 31.7 Å². The van der Waals surface area contributed by atoms with E-state index in [1.54, 1.807) is 17.0 Å². The van der Waals surface area contributed by atoms with Gasteiger partial charge in [-0.25, -0.2) is 4.98 Å². The molecule has 0 saturated carbocycles. The molecule has 3 heterocycles. The number of nitrogens with zero attached hydrogens (tertiary/aromatic N) is 3. The standard InChI is InChI=1S/C15H24N4O/c1-11(2)10-19-9-6-16-14(15(19)20)17-12-5-8-18-7-3-4-13(12)18/h6,9,11-13H,3-5,7-8,10H2,1-2H3,(H,16,17). The molecule has 0 aliphatic carbocycles. The Morgan fingerprint density at radius 3 is 3.05 bits per heavy atom. The molecule has 5 nitrogen and oxygen atoms in total. The Balaban J connectivity index is 1.76. The van der Waals surface area contributed by atoms with Crippen LogP contribution in [0.4, 0.5) is 5.82 Å². The van der Waals surface area contributed by atoms with Crippen LogP contribution in [-0.2, 0) is 6.54 Å². The maximum atomic E-state index is 12.4. The van der Waals surface area contributed by atoms with Crippen LogP contribution in [0.1, 0.15) is 33.1 Å². The lowest BCUT2D eigenvalue weighted by molar-refractivity contribution is 0.318. The van der Waals surface area contributed by atoms with Crippen molar-refractivity contribution in [3.63, 3.8) is 0 Å². The maximum absolute atomic E-state index is 12.4. The molecule has 2 atom stereocenters. The van der Waals surface area contributed by atoms with Gasteiger partial charge >= 0.3 is 0 Å². The van der Waals surface area contributed by atoms with Crippen molar-refractivity contribution in [3.05, 3.63) is 22.7 Å². The lowest BCUT2D eigenvalue weighted by Crippen LogP contribution is -2.36. The van der Waals surface area contributed by atoms with Gasteiger partial charge in [0.15, 0.2) is 5.82 Å². The van der Waals surface area contributed by atoms with E-state index in [1.165, 1.54) is 19.4 Å². The summed E-state index contributed by atoms with van der Waals surface area (Å²) in [5, 5.41) is 3.41. The first kappa shape index (κ1) is 13.6. The second-order valence-electron chi connectivity index (χ2n) is 6.41. The second-order valence-corrected chi connectivity index (χ2v) is 6.41. The number of fused-ring (bicyclic) bond motifs is 1. The average Bonchev–Trinajstić information content (AvgIpc) is 2.98. The number of hydrogen-bond donors (Lipinski definition) is 1. The summed E-state index contributed by atoms with van der Waals surface area (Å²) in [4.78, 5) is 19.2. The molecule has 0 radical (unpaired) electrons. The summed E-state index contributed by atoms with van der Waals surface area (Å²) in [5.41, 5.74) is 0.0117. The lowest BCUT2D eigenvalue weighted by Gasteiger charge is -2.21. The highest BCUT2D eigenvalue weighted by atomic mass is 16.1. The fraction of sp³-hybridized carbons (Fsp3) is 0.733. The molecular weight excluding hydrogens is 252 g/mol. The molecule has 0 aromatic carbocycles. The Labute approximate surface area is 120 Å². The first-order chi connectivity index (χ1) is 9.65. The van der Waals surface area contributed by atoms with Crippen LogP contribution < -0.4 is 10.9 Å². The summed E-state index contributed by atoms with van der Waals surface area (Å²) in [7, 11) is 0. The molecule has 1 aromatic rings. The SMILES string of the molecule is CC(C)Cn1ccnc(NC2CCN3CCCC23)c1=O. The molecule has 2 fully saturated rings. The van der Waals surface area contributed by atoms with Gasteiger partial charge in [0.1, 0.15) is 0 Å². The molecule has 0 bridgehead atoms. The van der Waals surface area contributed by atoms with Crippen molar-refractivity contribution in [1.82, 2.24) is 14.5 Å². The first-order valence-electron chi connectivity index (χ1n) is 7.71. The zero-order valence-electron chi connectivity index (χ0n) is 12.4. The minimum atomic E-state index is 0.0117. The Morgan fingerprint density at radius 2 is 2.25 bits per heavy atom. The summed E-state index contributed by atoms with van der Waals surface area (Å²) < 4.78 is 1.77. The molecular formula is C15H24N4O. The topological polar surface area (TPSA) is 50.2 Å². The van der Waals surface area contributed by atoms with Gasteiger partial charge in [-0.2, -0.15) is 0 Å². The van der Waals surface area contributed by atoms with E-state index in [0.717, 1.165) is 19.5 Å². The smallest absolute Gasteiger partial charge is 0.293 e. The van der Waals surface area contributed by atoms with Crippen molar-refractivity contribution in [2.75, 3.05) is 18.4 Å². The fourth-order valence-electron chi connectivity index (χ4n) is 3.51. The zero-order chi connectivity index (χ0) is 14.1. The van der Waals surface area contributed by atoms with E-state index in [9.17, 15) is 4.79 Å². The van der Waals surface area contributed by atoms with Crippen molar-refractivity contribution < 1.29 is 0 Å². The predicted molar refractivity (Wildman–Crippen MR) is 80.0 cm³/mol. The molecule has 0 amide bonds. The first-order valence-corrected chi connectivity index (χ1v) is 7.71. The minimum Gasteiger partial charge on any atom is -0.361 e. The van der Waals surface area contributed by atoms with E-state index in [1.807, 2.05) is 0 Å². The highest BCUT2D eigenvalue weighted by molar-refractivity contribution is 5.33. The number of aromatic nitrogens is 2. The third kappa shape index (κ3) is 2.59. The molecule has 1 N–H and O–H groups in total. The Bertz CT molecular complexity index is 525. The molecule has 2 aliphatic rings. The van der Waals surface area contributed by atoms with E-state index < -0.39 is 0 Å². The summed E-state index contributed by atoms with van der Waals surface area (Å²) in [5.74, 6) is 0.978. The van der Waals surface area contributed by atoms with Crippen molar-refractivity contribution >= 4 is 5.82 Å². The van der Waals surface area contributed by atoms with E-state index in [-0.39, 0.29) is 5.56 Å². The highest BCUT2D eigenvalue weighted by Gasteiger charge is 2.37. The van der Waals surface area contributed by atoms with Gasteiger partial charge in [0.2, 0.25) is 0 Å². The van der Waals surface area contributed by atoms with E-state index in [0.29, 0.717) is 23.8 Å². The van der Waals surface area contributed by atoms with Crippen molar-refractivity contribution in [3.8, 4) is 0 Å². The van der Waals surface area contributed by atoms with E-state index in [2.05, 4.69) is 29.0 Å². The van der Waals surface area contributed by atoms with E-state index >= 15 is 0 Å². The van der Waals surface area contributed by atoms with Crippen LogP contribution in [0.15, 0.2) is 17.2 Å². The Kier molecular flexibility index (Phi) is 3.78. The quantitative estimate of drug-likeness (QED) is 0.906. The largest absolute Gasteiger partial charge is 0.361 e. The maximum Gasteiger partial charge on any atom is 0.293 e. The number of rotatable bonds is 4. The summed E-state index contributed by atoms with van der Waals surface area (Å²) in [6.07, 6.45) is 7.15. The van der Waals surface area contributed by atoms with Gasteiger partial charge in [0, 0.05) is 37.6 Å². The van der Waals surface area contributed by atoms with Crippen molar-refractivity contribution in [1.29, 1.82) is 0 Å².